The summed E-state index contributed by atoms with van der Waals surface area (Å²) in [6.45, 7) is 3.97. The maximum absolute atomic E-state index is 8.17. The zero-order valence-electron chi connectivity index (χ0n) is 17.1. The summed E-state index contributed by atoms with van der Waals surface area (Å²) >= 11 is 0. The minimum atomic E-state index is -0.954. The smallest absolute Gasteiger partial charge is 0.104 e. The van der Waals surface area contributed by atoms with Crippen molar-refractivity contribution in [3.63, 3.8) is 0 Å². The molecule has 6 N–H and O–H groups in total. The van der Waals surface area contributed by atoms with E-state index in [1.54, 1.807) is 0 Å². The zero-order chi connectivity index (χ0) is 22.2. The molecule has 0 radical (unpaired) electrons. The van der Waals surface area contributed by atoms with Crippen LogP contribution >= 0.6 is 0 Å². The van der Waals surface area contributed by atoms with Crippen molar-refractivity contribution in [3.05, 3.63) is 0 Å². The van der Waals surface area contributed by atoms with Crippen molar-refractivity contribution in [2.45, 2.75) is 36.6 Å². The molecule has 180 valence electrons. The molecule has 12 nitrogen and oxygen atoms in total. The summed E-state index contributed by atoms with van der Waals surface area (Å²) in [6.07, 6.45) is -1.09. The summed E-state index contributed by atoms with van der Waals surface area (Å²) < 4.78 is 32.1. The Balaban J connectivity index is 0.000000312. The van der Waals surface area contributed by atoms with Gasteiger partial charge in [-0.3, -0.25) is 0 Å². The van der Waals surface area contributed by atoms with Gasteiger partial charge in [0.25, 0.3) is 0 Å². The van der Waals surface area contributed by atoms with E-state index in [9.17, 15) is 0 Å². The third-order valence-electron chi connectivity index (χ3n) is 3.78. The van der Waals surface area contributed by atoms with Gasteiger partial charge in [-0.2, -0.15) is 0 Å². The van der Waals surface area contributed by atoms with Gasteiger partial charge in [-0.25, -0.2) is 0 Å². The molecule has 3 fully saturated rings. The van der Waals surface area contributed by atoms with E-state index in [4.69, 9.17) is 59.1 Å². The molecule has 0 spiro atoms. The molecule has 0 amide bonds. The topological polar surface area (TPSA) is 187 Å². The lowest BCUT2D eigenvalue weighted by atomic mass is 10.4. The van der Waals surface area contributed by atoms with Crippen molar-refractivity contribution in [1.29, 1.82) is 0 Å². The molecule has 3 unspecified atom stereocenters. The zero-order valence-corrected chi connectivity index (χ0v) is 17.1. The maximum atomic E-state index is 8.17. The Hall–Kier alpha value is -0.480. The molecule has 3 atom stereocenters. The van der Waals surface area contributed by atoms with Gasteiger partial charge in [-0.15, -0.1) is 0 Å². The lowest BCUT2D eigenvalue weighted by molar-refractivity contribution is -0.0661. The Morgan fingerprint density at radius 1 is 0.633 bits per heavy atom. The predicted octanol–water partition coefficient (Wildman–Crippen LogP) is -3.73. The number of hydrogen-bond acceptors (Lipinski definition) is 12. The average Bonchev–Trinajstić information content (AvgIpc) is 3.61. The first-order valence-corrected chi connectivity index (χ1v) is 9.93. The Kier molecular flexibility index (Phi) is 15.7. The first-order chi connectivity index (χ1) is 14.5. The van der Waals surface area contributed by atoms with Gasteiger partial charge in [0.1, 0.15) is 36.6 Å². The van der Waals surface area contributed by atoms with Crippen LogP contribution in [0.2, 0.25) is 0 Å². The van der Waals surface area contributed by atoms with Crippen LogP contribution in [0.5, 0.6) is 0 Å². The van der Waals surface area contributed by atoms with Gasteiger partial charge in [0.2, 0.25) is 0 Å². The van der Waals surface area contributed by atoms with Crippen molar-refractivity contribution in [1.82, 2.24) is 0 Å². The number of epoxide rings is 3. The monoisotopic (exact) mass is 444 g/mol. The fraction of sp³-hybridized carbons (Fsp3) is 1.00. The Morgan fingerprint density at radius 3 is 1.23 bits per heavy atom. The highest BCUT2D eigenvalue weighted by Gasteiger charge is 2.27. The highest BCUT2D eigenvalue weighted by molar-refractivity contribution is 4.72. The molecule has 0 aromatic rings. The van der Waals surface area contributed by atoms with Gasteiger partial charge in [-0.1, -0.05) is 0 Å². The van der Waals surface area contributed by atoms with Crippen LogP contribution in [0.15, 0.2) is 0 Å². The lowest BCUT2D eigenvalue weighted by Crippen LogP contribution is -2.28. The van der Waals surface area contributed by atoms with Crippen molar-refractivity contribution < 1.29 is 59.1 Å². The van der Waals surface area contributed by atoms with E-state index in [0.717, 1.165) is 19.8 Å². The van der Waals surface area contributed by atoms with E-state index < -0.39 is 12.2 Å². The highest BCUT2D eigenvalue weighted by Crippen LogP contribution is 2.13. The Morgan fingerprint density at radius 2 is 0.967 bits per heavy atom. The van der Waals surface area contributed by atoms with Crippen LogP contribution in [0.4, 0.5) is 0 Å². The summed E-state index contributed by atoms with van der Waals surface area (Å²) in [4.78, 5) is 0. The molecule has 3 aliphatic rings. The predicted molar refractivity (Wildman–Crippen MR) is 101 cm³/mol. The molecule has 0 aromatic heterocycles. The fourth-order valence-electron chi connectivity index (χ4n) is 1.66. The van der Waals surface area contributed by atoms with Crippen LogP contribution in [0.1, 0.15) is 0 Å². The third kappa shape index (κ3) is 17.2. The standard InChI is InChI=1S/C12H20O6.2C3H8O3/c1(13-3-10-5-16-10)9(15-7-12-8-18-12)2-14-4-11-6-17-11;2*4-1-3(6)2-5/h9-12H,1-8H2;2*3-6H,1-2H2. The summed E-state index contributed by atoms with van der Waals surface area (Å²) in [7, 11) is 0. The quantitative estimate of drug-likeness (QED) is 0.136. The van der Waals surface area contributed by atoms with Crippen LogP contribution in [0.3, 0.4) is 0 Å². The molecule has 0 saturated carbocycles. The minimum absolute atomic E-state index is 0.0355. The summed E-state index contributed by atoms with van der Waals surface area (Å²) in [5.41, 5.74) is 0. The molecule has 12 heteroatoms. The van der Waals surface area contributed by atoms with Crippen LogP contribution in [-0.4, -0.2) is 147 Å². The second kappa shape index (κ2) is 17.1. The molecule has 3 heterocycles. The second-order valence-electron chi connectivity index (χ2n) is 6.93. The van der Waals surface area contributed by atoms with Gasteiger partial charge in [0.15, 0.2) is 0 Å². The van der Waals surface area contributed by atoms with Crippen molar-refractivity contribution in [2.24, 2.45) is 0 Å². The molecular weight excluding hydrogens is 408 g/mol. The van der Waals surface area contributed by atoms with Crippen LogP contribution in [-0.2, 0) is 28.4 Å². The molecule has 3 aliphatic heterocycles. The molecular formula is C18H36O12. The number of ether oxygens (including phenoxy) is 6. The van der Waals surface area contributed by atoms with Crippen molar-refractivity contribution in [3.8, 4) is 0 Å². The lowest BCUT2D eigenvalue weighted by Gasteiger charge is -2.17. The van der Waals surface area contributed by atoms with Gasteiger partial charge in [-0.05, 0) is 0 Å². The van der Waals surface area contributed by atoms with E-state index in [-0.39, 0.29) is 50.8 Å². The number of rotatable bonds is 15. The second-order valence-corrected chi connectivity index (χ2v) is 6.93. The van der Waals surface area contributed by atoms with Crippen molar-refractivity contribution in [2.75, 3.05) is 79.3 Å². The highest BCUT2D eigenvalue weighted by atomic mass is 16.6. The van der Waals surface area contributed by atoms with E-state index in [0.29, 0.717) is 33.0 Å². The molecule has 0 bridgehead atoms. The van der Waals surface area contributed by atoms with Gasteiger partial charge in [0.05, 0.1) is 79.3 Å². The largest absolute Gasteiger partial charge is 0.394 e. The molecule has 0 aromatic carbocycles. The summed E-state index contributed by atoms with van der Waals surface area (Å²) in [5.74, 6) is 0. The molecule has 0 aliphatic carbocycles. The Labute approximate surface area is 175 Å². The van der Waals surface area contributed by atoms with Crippen LogP contribution in [0.25, 0.3) is 0 Å². The molecule has 3 saturated heterocycles. The van der Waals surface area contributed by atoms with Gasteiger partial charge >= 0.3 is 0 Å². The fourth-order valence-corrected chi connectivity index (χ4v) is 1.66. The molecule has 3 rings (SSSR count). The minimum Gasteiger partial charge on any atom is -0.394 e. The maximum Gasteiger partial charge on any atom is 0.104 e. The molecule has 30 heavy (non-hydrogen) atoms. The van der Waals surface area contributed by atoms with E-state index in [1.165, 1.54) is 0 Å². The number of aliphatic hydroxyl groups excluding tert-OH is 6. The first kappa shape index (κ1) is 27.6. The third-order valence-corrected chi connectivity index (χ3v) is 3.78. The van der Waals surface area contributed by atoms with E-state index in [1.807, 2.05) is 0 Å². The van der Waals surface area contributed by atoms with Crippen LogP contribution in [0, 0.1) is 0 Å². The van der Waals surface area contributed by atoms with E-state index >= 15 is 0 Å². The van der Waals surface area contributed by atoms with Crippen molar-refractivity contribution >= 4 is 0 Å². The normalized spacial score (nSPS) is 24.6. The van der Waals surface area contributed by atoms with Gasteiger partial charge < -0.3 is 59.1 Å². The summed E-state index contributed by atoms with van der Waals surface area (Å²) in [5, 5.41) is 48.0. The first-order valence-electron chi connectivity index (χ1n) is 9.93. The Bertz CT molecular complexity index is 353. The summed E-state index contributed by atoms with van der Waals surface area (Å²) in [6, 6.07) is 0. The number of aliphatic hydroxyl groups is 6. The average molecular weight is 444 g/mol. The number of hydrogen-bond donors (Lipinski definition) is 6. The van der Waals surface area contributed by atoms with Gasteiger partial charge in [0, 0.05) is 0 Å². The van der Waals surface area contributed by atoms with Crippen LogP contribution < -0.4 is 0 Å². The SMILES string of the molecule is C(OCC1CO1)C(COCC1CO1)OCC1CO1.OCC(O)CO.OCC(O)CO. The van der Waals surface area contributed by atoms with E-state index in [2.05, 4.69) is 0 Å².